The second-order valence-corrected chi connectivity index (χ2v) is 10.3. The van der Waals surface area contributed by atoms with Crippen LogP contribution in [0.15, 0.2) is 24.3 Å². The molecule has 4 fully saturated rings. The third kappa shape index (κ3) is 4.02. The molecule has 3 saturated heterocycles. The summed E-state index contributed by atoms with van der Waals surface area (Å²) in [5.74, 6) is 2.53. The zero-order chi connectivity index (χ0) is 20.5. The molecule has 0 N–H and O–H groups in total. The minimum atomic E-state index is 0.447. The Kier molecular flexibility index (Phi) is 5.83. The molecule has 4 heteroatoms. The normalized spacial score (nSPS) is 32.5. The number of hydrogen-bond donors (Lipinski definition) is 0. The van der Waals surface area contributed by atoms with Gasteiger partial charge in [0.05, 0.1) is 11.6 Å². The highest BCUT2D eigenvalue weighted by molar-refractivity contribution is 5.78. The van der Waals surface area contributed by atoms with Crippen LogP contribution >= 0.6 is 0 Å². The number of piperidine rings is 3. The van der Waals surface area contributed by atoms with Crippen molar-refractivity contribution in [3.05, 3.63) is 35.4 Å². The van der Waals surface area contributed by atoms with E-state index in [0.29, 0.717) is 29.8 Å². The Morgan fingerprint density at radius 1 is 0.967 bits per heavy atom. The fourth-order valence-electron chi connectivity index (χ4n) is 7.01. The Labute approximate surface area is 181 Å². The highest BCUT2D eigenvalue weighted by atomic mass is 16.2. The van der Waals surface area contributed by atoms with Crippen molar-refractivity contribution in [3.63, 3.8) is 0 Å². The molecule has 1 aromatic carbocycles. The maximum Gasteiger partial charge on any atom is 0.223 e. The highest BCUT2D eigenvalue weighted by Crippen LogP contribution is 2.44. The number of fused-ring (bicyclic) bond motifs is 4. The van der Waals surface area contributed by atoms with Crippen molar-refractivity contribution in [2.24, 2.45) is 17.8 Å². The summed E-state index contributed by atoms with van der Waals surface area (Å²) in [6.07, 6.45) is 12.5. The van der Waals surface area contributed by atoms with E-state index < -0.39 is 0 Å². The van der Waals surface area contributed by atoms with Gasteiger partial charge < -0.3 is 4.90 Å². The predicted molar refractivity (Wildman–Crippen MR) is 117 cm³/mol. The van der Waals surface area contributed by atoms with E-state index in [9.17, 15) is 4.79 Å². The van der Waals surface area contributed by atoms with Gasteiger partial charge in [-0.1, -0.05) is 44.2 Å². The summed E-state index contributed by atoms with van der Waals surface area (Å²) in [7, 11) is 0. The van der Waals surface area contributed by atoms with Gasteiger partial charge in [0.25, 0.3) is 0 Å². The molecule has 0 unspecified atom stereocenters. The van der Waals surface area contributed by atoms with Gasteiger partial charge in [-0.05, 0) is 61.1 Å². The van der Waals surface area contributed by atoms with E-state index in [1.807, 2.05) is 12.1 Å². The molecule has 1 saturated carbocycles. The maximum atomic E-state index is 13.0. The molecular weight excluding hydrogens is 370 g/mol. The van der Waals surface area contributed by atoms with Crippen molar-refractivity contribution in [3.8, 4) is 6.07 Å². The second-order valence-electron chi connectivity index (χ2n) is 10.3. The number of nitriles is 1. The molecule has 1 amide bonds. The number of benzene rings is 1. The summed E-state index contributed by atoms with van der Waals surface area (Å²) in [5, 5.41) is 9.06. The summed E-state index contributed by atoms with van der Waals surface area (Å²) in [6.45, 7) is 3.20. The summed E-state index contributed by atoms with van der Waals surface area (Å²) in [5.41, 5.74) is 2.03. The Morgan fingerprint density at radius 2 is 1.73 bits per heavy atom. The van der Waals surface area contributed by atoms with Crippen LogP contribution in [0, 0.1) is 29.1 Å². The zero-order valence-corrected chi connectivity index (χ0v) is 18.1. The van der Waals surface area contributed by atoms with Crippen molar-refractivity contribution < 1.29 is 4.79 Å². The van der Waals surface area contributed by atoms with Gasteiger partial charge in [-0.3, -0.25) is 9.69 Å². The Morgan fingerprint density at radius 3 is 2.50 bits per heavy atom. The van der Waals surface area contributed by atoms with E-state index in [1.54, 1.807) is 0 Å². The van der Waals surface area contributed by atoms with Crippen LogP contribution in [0.2, 0.25) is 0 Å². The largest absolute Gasteiger partial charge is 0.336 e. The number of carbonyl (C=O) groups is 1. The first kappa shape index (κ1) is 20.1. The molecule has 0 spiro atoms. The van der Waals surface area contributed by atoms with Gasteiger partial charge >= 0.3 is 0 Å². The first-order valence-electron chi connectivity index (χ1n) is 12.2. The standard InChI is InChI=1S/C26H35N3O/c27-15-20-9-11-21(12-10-20)16-28-17-22-14-23(18-28)25(13-19-5-2-1-3-6-19)29-24(22)7-4-8-26(29)30/h9-12,19,22-25H,1-8,13-14,16-18H2/t22-,23+,24+,25+/m1/s1. The van der Waals surface area contributed by atoms with Crippen LogP contribution in [-0.2, 0) is 11.3 Å². The zero-order valence-electron chi connectivity index (χ0n) is 18.1. The van der Waals surface area contributed by atoms with E-state index in [2.05, 4.69) is 28.0 Å². The lowest BCUT2D eigenvalue weighted by Crippen LogP contribution is -2.65. The number of amides is 1. The summed E-state index contributed by atoms with van der Waals surface area (Å²) >= 11 is 0. The smallest absolute Gasteiger partial charge is 0.223 e. The molecule has 4 nitrogen and oxygen atoms in total. The lowest BCUT2D eigenvalue weighted by molar-refractivity contribution is -0.154. The van der Waals surface area contributed by atoms with Gasteiger partial charge in [-0.2, -0.15) is 5.26 Å². The van der Waals surface area contributed by atoms with Crippen LogP contribution in [-0.4, -0.2) is 40.9 Å². The molecule has 0 radical (unpaired) electrons. The fourth-order valence-corrected chi connectivity index (χ4v) is 7.01. The molecule has 4 atom stereocenters. The van der Waals surface area contributed by atoms with E-state index >= 15 is 0 Å². The van der Waals surface area contributed by atoms with Gasteiger partial charge in [-0.15, -0.1) is 0 Å². The van der Waals surface area contributed by atoms with Crippen LogP contribution in [0.25, 0.3) is 0 Å². The van der Waals surface area contributed by atoms with Crippen molar-refractivity contribution in [2.45, 2.75) is 82.8 Å². The SMILES string of the molecule is N#Cc1ccc(CN2C[C@H]3C[C@@H](C2)[C@H](CC2CCCCC2)N2C(=O)CCC[C@@H]32)cc1. The summed E-state index contributed by atoms with van der Waals surface area (Å²) in [6, 6.07) is 11.3. The topological polar surface area (TPSA) is 47.3 Å². The molecule has 5 rings (SSSR count). The quantitative estimate of drug-likeness (QED) is 0.727. The van der Waals surface area contributed by atoms with Crippen LogP contribution in [0.4, 0.5) is 0 Å². The van der Waals surface area contributed by atoms with Gasteiger partial charge in [0, 0.05) is 38.1 Å². The van der Waals surface area contributed by atoms with Gasteiger partial charge in [0.2, 0.25) is 5.91 Å². The molecule has 2 bridgehead atoms. The van der Waals surface area contributed by atoms with Crippen LogP contribution in [0.3, 0.4) is 0 Å². The average molecular weight is 406 g/mol. The molecular formula is C26H35N3O. The monoisotopic (exact) mass is 405 g/mol. The molecule has 1 aliphatic carbocycles. The van der Waals surface area contributed by atoms with Crippen molar-refractivity contribution >= 4 is 5.91 Å². The van der Waals surface area contributed by atoms with Crippen molar-refractivity contribution in [1.82, 2.24) is 9.80 Å². The first-order chi connectivity index (χ1) is 14.7. The molecule has 30 heavy (non-hydrogen) atoms. The molecule has 160 valence electrons. The Bertz CT molecular complexity index is 791. The fraction of sp³-hybridized carbons (Fsp3) is 0.692. The molecule has 3 aliphatic heterocycles. The Balaban J connectivity index is 1.34. The van der Waals surface area contributed by atoms with E-state index in [-0.39, 0.29) is 0 Å². The van der Waals surface area contributed by atoms with Crippen LogP contribution in [0.5, 0.6) is 0 Å². The molecule has 1 aromatic rings. The van der Waals surface area contributed by atoms with E-state index in [4.69, 9.17) is 5.26 Å². The highest BCUT2D eigenvalue weighted by Gasteiger charge is 2.49. The number of hydrogen-bond acceptors (Lipinski definition) is 3. The van der Waals surface area contributed by atoms with E-state index in [0.717, 1.165) is 44.0 Å². The van der Waals surface area contributed by atoms with Gasteiger partial charge in [-0.25, -0.2) is 0 Å². The van der Waals surface area contributed by atoms with Gasteiger partial charge in [0.1, 0.15) is 0 Å². The van der Waals surface area contributed by atoms with Crippen LogP contribution in [0.1, 0.15) is 75.3 Å². The van der Waals surface area contributed by atoms with Crippen molar-refractivity contribution in [1.29, 1.82) is 5.26 Å². The average Bonchev–Trinajstić information content (AvgIpc) is 2.78. The third-order valence-corrected chi connectivity index (χ3v) is 8.36. The predicted octanol–water partition coefficient (Wildman–Crippen LogP) is 4.73. The molecule has 0 aromatic heterocycles. The lowest BCUT2D eigenvalue weighted by atomic mass is 9.69. The van der Waals surface area contributed by atoms with Crippen molar-refractivity contribution in [2.75, 3.05) is 13.1 Å². The van der Waals surface area contributed by atoms with Gasteiger partial charge in [0.15, 0.2) is 0 Å². The Hall–Kier alpha value is -1.86. The number of rotatable bonds is 4. The minimum absolute atomic E-state index is 0.447. The molecule has 3 heterocycles. The second kappa shape index (κ2) is 8.71. The summed E-state index contributed by atoms with van der Waals surface area (Å²) in [4.78, 5) is 18.1. The number of carbonyl (C=O) groups excluding carboxylic acids is 1. The van der Waals surface area contributed by atoms with Crippen LogP contribution < -0.4 is 0 Å². The third-order valence-electron chi connectivity index (χ3n) is 8.36. The lowest BCUT2D eigenvalue weighted by Gasteiger charge is -2.57. The number of likely N-dealkylation sites (tertiary alicyclic amines) is 1. The summed E-state index contributed by atoms with van der Waals surface area (Å²) < 4.78 is 0. The molecule has 4 aliphatic rings. The minimum Gasteiger partial charge on any atom is -0.336 e. The van der Waals surface area contributed by atoms with E-state index in [1.165, 1.54) is 56.9 Å². The number of nitrogens with zero attached hydrogens (tertiary/aromatic N) is 3. The first-order valence-corrected chi connectivity index (χ1v) is 12.2. The maximum absolute atomic E-state index is 13.0.